The molecular weight excluding hydrogens is 208 g/mol. The molecule has 1 rings (SSSR count). The van der Waals surface area contributed by atoms with Crippen molar-refractivity contribution in [2.24, 2.45) is 0 Å². The van der Waals surface area contributed by atoms with Gasteiger partial charge in [-0.2, -0.15) is 8.42 Å². The second kappa shape index (κ2) is 4.27. The van der Waals surface area contributed by atoms with Gasteiger partial charge < -0.3 is 10.2 Å². The highest BCUT2D eigenvalue weighted by atomic mass is 32.2. The van der Waals surface area contributed by atoms with Crippen LogP contribution in [0, 0.1) is 0 Å². The van der Waals surface area contributed by atoms with Crippen LogP contribution in [0.5, 0.6) is 5.75 Å². The van der Waals surface area contributed by atoms with E-state index < -0.39 is 10.3 Å². The van der Waals surface area contributed by atoms with Gasteiger partial charge in [-0.25, -0.2) is 0 Å². The molecule has 6 nitrogen and oxygen atoms in total. The van der Waals surface area contributed by atoms with Gasteiger partial charge in [-0.3, -0.25) is 4.55 Å². The van der Waals surface area contributed by atoms with Crippen molar-refractivity contribution in [2.45, 2.75) is 0 Å². The number of hydrogen-bond donors (Lipinski definition) is 3. The molecule has 1 aromatic carbocycles. The van der Waals surface area contributed by atoms with Crippen LogP contribution < -0.4 is 15.0 Å². The van der Waals surface area contributed by atoms with E-state index in [4.69, 9.17) is 9.29 Å². The summed E-state index contributed by atoms with van der Waals surface area (Å²) in [5.41, 5.74) is 2.75. The molecule has 0 aromatic heterocycles. The van der Waals surface area contributed by atoms with Crippen molar-refractivity contribution in [3.63, 3.8) is 0 Å². The van der Waals surface area contributed by atoms with E-state index in [9.17, 15) is 8.42 Å². The van der Waals surface area contributed by atoms with Gasteiger partial charge >= 0.3 is 10.3 Å². The number of methoxy groups -OCH3 is 1. The molecule has 0 saturated carbocycles. The van der Waals surface area contributed by atoms with Crippen LogP contribution in [-0.4, -0.2) is 20.1 Å². The molecule has 7 heteroatoms. The minimum Gasteiger partial charge on any atom is -0.497 e. The summed E-state index contributed by atoms with van der Waals surface area (Å²) in [5, 5.41) is 0. The molecule has 0 fully saturated rings. The minimum atomic E-state index is -4.24. The van der Waals surface area contributed by atoms with Gasteiger partial charge in [-0.05, 0) is 12.1 Å². The Hall–Kier alpha value is -1.31. The van der Waals surface area contributed by atoms with Crippen LogP contribution in [0.1, 0.15) is 0 Å². The van der Waals surface area contributed by atoms with Gasteiger partial charge in [-0.15, -0.1) is 4.83 Å². The van der Waals surface area contributed by atoms with Gasteiger partial charge in [0, 0.05) is 6.07 Å². The maximum Gasteiger partial charge on any atom is 0.350 e. The molecule has 78 valence electrons. The van der Waals surface area contributed by atoms with Crippen molar-refractivity contribution >= 4 is 16.0 Å². The van der Waals surface area contributed by atoms with Gasteiger partial charge in [0.15, 0.2) is 0 Å². The lowest BCUT2D eigenvalue weighted by Crippen LogP contribution is -2.28. The predicted molar refractivity (Wildman–Crippen MR) is 51.3 cm³/mol. The van der Waals surface area contributed by atoms with E-state index >= 15 is 0 Å². The number of anilines is 1. The molecule has 0 heterocycles. The summed E-state index contributed by atoms with van der Waals surface area (Å²) >= 11 is 0. The van der Waals surface area contributed by atoms with E-state index in [-0.39, 0.29) is 0 Å². The zero-order chi connectivity index (χ0) is 10.6. The topological polar surface area (TPSA) is 87.7 Å². The van der Waals surface area contributed by atoms with Crippen molar-refractivity contribution in [1.82, 2.24) is 4.83 Å². The summed E-state index contributed by atoms with van der Waals surface area (Å²) in [6.07, 6.45) is 0. The first-order valence-electron chi connectivity index (χ1n) is 3.65. The average molecular weight is 218 g/mol. The lowest BCUT2D eigenvalue weighted by Gasteiger charge is -2.06. The van der Waals surface area contributed by atoms with E-state index in [2.05, 4.69) is 5.43 Å². The highest BCUT2D eigenvalue weighted by Crippen LogP contribution is 2.15. The lowest BCUT2D eigenvalue weighted by molar-refractivity contribution is 0.415. The molecule has 14 heavy (non-hydrogen) atoms. The molecule has 0 unspecified atom stereocenters. The second-order valence-electron chi connectivity index (χ2n) is 2.43. The highest BCUT2D eigenvalue weighted by molar-refractivity contribution is 7.83. The van der Waals surface area contributed by atoms with Crippen molar-refractivity contribution in [3.8, 4) is 5.75 Å². The number of rotatable bonds is 4. The summed E-state index contributed by atoms with van der Waals surface area (Å²) in [6.45, 7) is 0. The second-order valence-corrected chi connectivity index (χ2v) is 3.59. The van der Waals surface area contributed by atoms with Gasteiger partial charge in [-0.1, -0.05) is 6.07 Å². The average Bonchev–Trinajstić information content (AvgIpc) is 2.14. The fourth-order valence-corrected chi connectivity index (χ4v) is 1.07. The first-order chi connectivity index (χ1) is 6.51. The fourth-order valence-electron chi connectivity index (χ4n) is 0.824. The van der Waals surface area contributed by atoms with Crippen LogP contribution in [0.2, 0.25) is 0 Å². The first-order valence-corrected chi connectivity index (χ1v) is 5.09. The molecule has 0 spiro atoms. The molecule has 0 aliphatic heterocycles. The van der Waals surface area contributed by atoms with E-state index in [1.54, 1.807) is 29.1 Å². The fraction of sp³-hybridized carbons (Fsp3) is 0.143. The van der Waals surface area contributed by atoms with Crippen molar-refractivity contribution in [3.05, 3.63) is 24.3 Å². The molecule has 1 aromatic rings. The number of hydrazine groups is 1. The van der Waals surface area contributed by atoms with Crippen LogP contribution in [-0.2, 0) is 10.3 Å². The Bertz CT molecular complexity index is 404. The Morgan fingerprint density at radius 3 is 2.71 bits per heavy atom. The Morgan fingerprint density at radius 1 is 1.43 bits per heavy atom. The van der Waals surface area contributed by atoms with Crippen LogP contribution in [0.15, 0.2) is 24.3 Å². The third-order valence-corrected chi connectivity index (χ3v) is 1.75. The number of nitrogens with one attached hydrogen (secondary N) is 2. The largest absolute Gasteiger partial charge is 0.497 e. The van der Waals surface area contributed by atoms with Crippen LogP contribution in [0.4, 0.5) is 5.69 Å². The maximum absolute atomic E-state index is 10.3. The summed E-state index contributed by atoms with van der Waals surface area (Å²) in [7, 11) is -2.75. The molecule has 3 N–H and O–H groups in total. The number of benzene rings is 1. The van der Waals surface area contributed by atoms with E-state index in [0.717, 1.165) is 0 Å². The summed E-state index contributed by atoms with van der Waals surface area (Å²) < 4.78 is 33.9. The standard InChI is InChI=1S/C7H10N2O4S/c1-13-7-4-2-3-6(5-7)8-9-14(10,11)12/h2-5,8-9H,1H3,(H,10,11,12). The van der Waals surface area contributed by atoms with Crippen LogP contribution in [0.3, 0.4) is 0 Å². The smallest absolute Gasteiger partial charge is 0.350 e. The van der Waals surface area contributed by atoms with Crippen LogP contribution >= 0.6 is 0 Å². The Labute approximate surface area is 81.7 Å². The zero-order valence-electron chi connectivity index (χ0n) is 7.39. The van der Waals surface area contributed by atoms with Crippen molar-refractivity contribution in [2.75, 3.05) is 12.5 Å². The molecular formula is C7H10N2O4S. The molecule has 0 atom stereocenters. The van der Waals surface area contributed by atoms with E-state index in [1.165, 1.54) is 7.11 Å². The van der Waals surface area contributed by atoms with Gasteiger partial charge in [0.2, 0.25) is 0 Å². The van der Waals surface area contributed by atoms with Gasteiger partial charge in [0.25, 0.3) is 0 Å². The number of ether oxygens (including phenoxy) is 1. The first kappa shape index (κ1) is 10.8. The predicted octanol–water partition coefficient (Wildman–Crippen LogP) is 0.414. The Balaban J connectivity index is 2.68. The maximum atomic E-state index is 10.3. The summed E-state index contributed by atoms with van der Waals surface area (Å²) in [6, 6.07) is 6.56. The van der Waals surface area contributed by atoms with Crippen molar-refractivity contribution in [1.29, 1.82) is 0 Å². The zero-order valence-corrected chi connectivity index (χ0v) is 8.21. The quantitative estimate of drug-likeness (QED) is 0.503. The molecule has 0 aliphatic rings. The molecule has 0 radical (unpaired) electrons. The lowest BCUT2D eigenvalue weighted by atomic mass is 10.3. The molecule has 0 amide bonds. The third-order valence-electron chi connectivity index (χ3n) is 1.39. The molecule has 0 saturated heterocycles. The Kier molecular flexibility index (Phi) is 3.28. The van der Waals surface area contributed by atoms with Crippen LogP contribution in [0.25, 0.3) is 0 Å². The minimum absolute atomic E-state index is 0.460. The van der Waals surface area contributed by atoms with Gasteiger partial charge in [0.1, 0.15) is 5.75 Å². The SMILES string of the molecule is COc1cccc(NNS(=O)(=O)O)c1. The van der Waals surface area contributed by atoms with E-state index in [1.807, 2.05) is 0 Å². The van der Waals surface area contributed by atoms with Gasteiger partial charge in [0.05, 0.1) is 12.8 Å². The molecule has 0 aliphatic carbocycles. The summed E-state index contributed by atoms with van der Waals surface area (Å²) in [5.74, 6) is 0.576. The summed E-state index contributed by atoms with van der Waals surface area (Å²) in [4.78, 5) is 1.71. The highest BCUT2D eigenvalue weighted by Gasteiger charge is 2.01. The normalized spacial score (nSPS) is 11.0. The molecule has 0 bridgehead atoms. The third kappa shape index (κ3) is 3.60. The van der Waals surface area contributed by atoms with Crippen molar-refractivity contribution < 1.29 is 17.7 Å². The number of hydrogen-bond acceptors (Lipinski definition) is 4. The Morgan fingerprint density at radius 2 is 2.14 bits per heavy atom. The monoisotopic (exact) mass is 218 g/mol. The van der Waals surface area contributed by atoms with E-state index in [0.29, 0.717) is 11.4 Å².